The molecule has 1 aromatic heterocycles. The Kier molecular flexibility index (Phi) is 9.54. The average molecular weight is 492 g/mol. The summed E-state index contributed by atoms with van der Waals surface area (Å²) >= 11 is 11.6. The molecular formula is C24H27Cl2N3O4. The lowest BCUT2D eigenvalue weighted by molar-refractivity contribution is -0.143. The Bertz CT molecular complexity index is 1100. The fourth-order valence-electron chi connectivity index (χ4n) is 3.55. The van der Waals surface area contributed by atoms with Crippen LogP contribution in [0.3, 0.4) is 0 Å². The molecule has 0 amide bonds. The predicted octanol–water partition coefficient (Wildman–Crippen LogP) is 4.30. The summed E-state index contributed by atoms with van der Waals surface area (Å²) < 4.78 is 10.2. The fourth-order valence-corrected chi connectivity index (χ4v) is 4.03. The van der Waals surface area contributed by atoms with E-state index >= 15 is 0 Å². The number of hydrogen-bond donors (Lipinski definition) is 1. The van der Waals surface area contributed by atoms with Crippen LogP contribution in [0.2, 0.25) is 0 Å². The molecular weight excluding hydrogens is 465 g/mol. The minimum atomic E-state index is -0.419. The largest absolute Gasteiger partial charge is 0.465 e. The average Bonchev–Trinajstić information content (AvgIpc) is 2.83. The molecule has 1 N–H and O–H groups in total. The van der Waals surface area contributed by atoms with Crippen molar-refractivity contribution in [3.05, 3.63) is 48.0 Å². The van der Waals surface area contributed by atoms with Crippen LogP contribution in [0.1, 0.15) is 16.8 Å². The van der Waals surface area contributed by atoms with E-state index in [9.17, 15) is 9.59 Å². The van der Waals surface area contributed by atoms with Gasteiger partial charge in [-0.1, -0.05) is 18.2 Å². The Morgan fingerprint density at radius 1 is 1.00 bits per heavy atom. The van der Waals surface area contributed by atoms with Gasteiger partial charge in [-0.15, -0.1) is 23.2 Å². The summed E-state index contributed by atoms with van der Waals surface area (Å²) in [6, 6.07) is 13.0. The molecule has 0 bridgehead atoms. The van der Waals surface area contributed by atoms with Gasteiger partial charge in [0.25, 0.3) is 0 Å². The van der Waals surface area contributed by atoms with Gasteiger partial charge in [-0.3, -0.25) is 9.69 Å². The topological polar surface area (TPSA) is 80.8 Å². The van der Waals surface area contributed by atoms with Crippen LogP contribution < -0.4 is 5.32 Å². The zero-order valence-electron chi connectivity index (χ0n) is 18.5. The van der Waals surface area contributed by atoms with Gasteiger partial charge in [-0.05, 0) is 24.3 Å². The normalized spacial score (nSPS) is 11.2. The van der Waals surface area contributed by atoms with E-state index in [4.69, 9.17) is 32.7 Å². The molecule has 9 heteroatoms. The lowest BCUT2D eigenvalue weighted by Gasteiger charge is -2.19. The van der Waals surface area contributed by atoms with Crippen molar-refractivity contribution < 1.29 is 19.1 Å². The van der Waals surface area contributed by atoms with Crippen molar-refractivity contribution >= 4 is 62.6 Å². The summed E-state index contributed by atoms with van der Waals surface area (Å²) in [5.41, 5.74) is 2.80. The molecule has 2 aromatic carbocycles. The Balaban J connectivity index is 1.69. The lowest BCUT2D eigenvalue weighted by atomic mass is 10.0. The number of nitrogens with one attached hydrogen (secondary N) is 1. The van der Waals surface area contributed by atoms with Crippen LogP contribution in [0.25, 0.3) is 21.8 Å². The highest BCUT2D eigenvalue weighted by atomic mass is 35.5. The number of ether oxygens (including phenoxy) is 2. The van der Waals surface area contributed by atoms with Crippen molar-refractivity contribution in [1.82, 2.24) is 9.88 Å². The second-order valence-corrected chi connectivity index (χ2v) is 8.10. The van der Waals surface area contributed by atoms with E-state index in [1.807, 2.05) is 24.3 Å². The number of aromatic nitrogens is 1. The molecule has 1 heterocycles. The summed E-state index contributed by atoms with van der Waals surface area (Å²) in [5, 5.41) is 5.03. The van der Waals surface area contributed by atoms with E-state index in [1.54, 1.807) is 18.2 Å². The van der Waals surface area contributed by atoms with Gasteiger partial charge in [0.2, 0.25) is 0 Å². The zero-order valence-corrected chi connectivity index (χ0v) is 20.0. The second-order valence-electron chi connectivity index (χ2n) is 7.34. The molecule has 0 aliphatic heterocycles. The van der Waals surface area contributed by atoms with E-state index < -0.39 is 5.97 Å². The van der Waals surface area contributed by atoms with Crippen molar-refractivity contribution in [2.45, 2.75) is 6.42 Å². The molecule has 0 aliphatic carbocycles. The van der Waals surface area contributed by atoms with Gasteiger partial charge >= 0.3 is 11.9 Å². The van der Waals surface area contributed by atoms with Crippen LogP contribution in [0.4, 0.5) is 5.69 Å². The monoisotopic (exact) mass is 491 g/mol. The Labute approximate surface area is 202 Å². The Morgan fingerprint density at radius 2 is 1.73 bits per heavy atom. The number of rotatable bonds is 12. The quantitative estimate of drug-likeness (QED) is 0.229. The van der Waals surface area contributed by atoms with Crippen molar-refractivity contribution in [3.63, 3.8) is 0 Å². The van der Waals surface area contributed by atoms with Gasteiger partial charge in [0.05, 0.1) is 35.8 Å². The number of esters is 2. The summed E-state index contributed by atoms with van der Waals surface area (Å²) in [7, 11) is 1.35. The maximum Gasteiger partial charge on any atom is 0.337 e. The molecule has 0 fully saturated rings. The SMILES string of the molecule is COC(=O)c1ccc2nc3ccccc3c(NCCC(=O)OCCN(CCCl)CCCl)c2c1. The number of hydrogen-bond acceptors (Lipinski definition) is 7. The maximum atomic E-state index is 12.2. The van der Waals surface area contributed by atoms with Crippen LogP contribution in [-0.4, -0.2) is 73.5 Å². The van der Waals surface area contributed by atoms with E-state index in [1.165, 1.54) is 7.11 Å². The van der Waals surface area contributed by atoms with Crippen LogP contribution in [0.5, 0.6) is 0 Å². The number of fused-ring (bicyclic) bond motifs is 2. The van der Waals surface area contributed by atoms with Crippen molar-refractivity contribution in [3.8, 4) is 0 Å². The molecule has 0 saturated carbocycles. The van der Waals surface area contributed by atoms with Gasteiger partial charge < -0.3 is 14.8 Å². The number of carbonyl (C=O) groups is 2. The van der Waals surface area contributed by atoms with Gasteiger partial charge in [0, 0.05) is 48.7 Å². The lowest BCUT2D eigenvalue weighted by Crippen LogP contribution is -2.32. The number of pyridine rings is 1. The summed E-state index contributed by atoms with van der Waals surface area (Å²) in [5.74, 6) is 0.287. The number of alkyl halides is 2. The van der Waals surface area contributed by atoms with Gasteiger partial charge in [0.1, 0.15) is 6.61 Å². The minimum Gasteiger partial charge on any atom is -0.465 e. The third-order valence-corrected chi connectivity index (χ3v) is 5.54. The van der Waals surface area contributed by atoms with Gasteiger partial charge in [-0.2, -0.15) is 0 Å². The smallest absolute Gasteiger partial charge is 0.337 e. The van der Waals surface area contributed by atoms with Gasteiger partial charge in [-0.25, -0.2) is 9.78 Å². The second kappa shape index (κ2) is 12.6. The molecule has 3 aromatic rings. The number of methoxy groups -OCH3 is 1. The Morgan fingerprint density at radius 3 is 2.45 bits per heavy atom. The molecule has 33 heavy (non-hydrogen) atoms. The molecule has 0 saturated heterocycles. The van der Waals surface area contributed by atoms with E-state index in [2.05, 4.69) is 15.2 Å². The maximum absolute atomic E-state index is 12.2. The van der Waals surface area contributed by atoms with E-state index in [0.717, 1.165) is 27.5 Å². The van der Waals surface area contributed by atoms with Crippen molar-refractivity contribution in [2.75, 3.05) is 57.0 Å². The number of nitrogens with zero attached hydrogens (tertiary/aromatic N) is 2. The summed E-state index contributed by atoms with van der Waals surface area (Å²) in [4.78, 5) is 31.0. The summed E-state index contributed by atoms with van der Waals surface area (Å²) in [6.07, 6.45) is 0.194. The number of benzene rings is 2. The van der Waals surface area contributed by atoms with Gasteiger partial charge in [0.15, 0.2) is 0 Å². The Hall–Kier alpha value is -2.61. The summed E-state index contributed by atoms with van der Waals surface area (Å²) in [6.45, 7) is 2.65. The molecule has 7 nitrogen and oxygen atoms in total. The van der Waals surface area contributed by atoms with Crippen LogP contribution in [-0.2, 0) is 14.3 Å². The number of anilines is 1. The van der Waals surface area contributed by atoms with E-state index in [0.29, 0.717) is 43.5 Å². The van der Waals surface area contributed by atoms with E-state index in [-0.39, 0.29) is 19.0 Å². The molecule has 0 aliphatic rings. The van der Waals surface area contributed by atoms with Crippen LogP contribution in [0.15, 0.2) is 42.5 Å². The predicted molar refractivity (Wildman–Crippen MR) is 133 cm³/mol. The van der Waals surface area contributed by atoms with Crippen LogP contribution in [0, 0.1) is 0 Å². The minimum absolute atomic E-state index is 0.194. The molecule has 0 unspecified atom stereocenters. The highest BCUT2D eigenvalue weighted by Gasteiger charge is 2.13. The molecule has 176 valence electrons. The molecule has 0 spiro atoms. The molecule has 0 atom stereocenters. The number of para-hydroxylation sites is 1. The number of carbonyl (C=O) groups excluding carboxylic acids is 2. The molecule has 3 rings (SSSR count). The highest BCUT2D eigenvalue weighted by molar-refractivity contribution is 6.18. The number of halogens is 2. The highest BCUT2D eigenvalue weighted by Crippen LogP contribution is 2.31. The fraction of sp³-hybridized carbons (Fsp3) is 0.375. The van der Waals surface area contributed by atoms with Crippen molar-refractivity contribution in [1.29, 1.82) is 0 Å². The first-order valence-electron chi connectivity index (χ1n) is 10.7. The first-order valence-corrected chi connectivity index (χ1v) is 11.8. The first-order chi connectivity index (χ1) is 16.1. The standard InChI is InChI=1S/C24H27Cl2N3O4/c1-32-24(31)17-6-7-21-19(16-17)23(18-4-2-3-5-20(18)28-21)27-11-8-22(30)33-15-14-29(12-9-25)13-10-26/h2-7,16H,8-15H2,1H3,(H,27,28). The van der Waals surface area contributed by atoms with Crippen LogP contribution >= 0.6 is 23.2 Å². The van der Waals surface area contributed by atoms with Crippen molar-refractivity contribution in [2.24, 2.45) is 0 Å². The third kappa shape index (κ3) is 6.69. The zero-order chi connectivity index (χ0) is 23.6. The molecule has 0 radical (unpaired) electrons. The third-order valence-electron chi connectivity index (χ3n) is 5.20. The first kappa shape index (κ1) is 25.0.